The van der Waals surface area contributed by atoms with Gasteiger partial charge in [-0.2, -0.15) is 0 Å². The first-order chi connectivity index (χ1) is 8.72. The first-order valence-electron chi connectivity index (χ1n) is 5.77. The number of benzene rings is 1. The van der Waals surface area contributed by atoms with Crippen molar-refractivity contribution < 1.29 is 9.13 Å². The molecule has 1 aromatic heterocycles. The number of rotatable bonds is 4. The molecule has 1 atom stereocenters. The van der Waals surface area contributed by atoms with Crippen molar-refractivity contribution in [1.82, 2.24) is 4.98 Å². The quantitative estimate of drug-likeness (QED) is 0.902. The molecule has 0 radical (unpaired) electrons. The van der Waals surface area contributed by atoms with Gasteiger partial charge in [0.1, 0.15) is 6.10 Å². The smallest absolute Gasteiger partial charge is 0.251 e. The lowest BCUT2D eigenvalue weighted by Crippen LogP contribution is -2.08. The SMILES string of the molecule is CC(Oc1nccc(CN)c1F)c1ccccc1. The molecule has 1 unspecified atom stereocenters. The van der Waals surface area contributed by atoms with Crippen LogP contribution in [0.25, 0.3) is 0 Å². The Morgan fingerprint density at radius 3 is 2.67 bits per heavy atom. The minimum atomic E-state index is -0.484. The zero-order chi connectivity index (χ0) is 13.0. The number of pyridine rings is 1. The Balaban J connectivity index is 2.19. The van der Waals surface area contributed by atoms with Crippen LogP contribution in [-0.4, -0.2) is 4.98 Å². The minimum absolute atomic E-state index is 0.00527. The third-order valence-electron chi connectivity index (χ3n) is 2.71. The van der Waals surface area contributed by atoms with Gasteiger partial charge in [-0.1, -0.05) is 30.3 Å². The molecule has 4 heteroatoms. The summed E-state index contributed by atoms with van der Waals surface area (Å²) in [6.07, 6.45) is 1.24. The van der Waals surface area contributed by atoms with Gasteiger partial charge < -0.3 is 10.5 Å². The summed E-state index contributed by atoms with van der Waals surface area (Å²) >= 11 is 0. The van der Waals surface area contributed by atoms with Crippen molar-refractivity contribution >= 4 is 0 Å². The zero-order valence-electron chi connectivity index (χ0n) is 10.1. The molecule has 0 aliphatic rings. The van der Waals surface area contributed by atoms with Crippen LogP contribution in [0.3, 0.4) is 0 Å². The van der Waals surface area contributed by atoms with E-state index in [1.165, 1.54) is 6.20 Å². The highest BCUT2D eigenvalue weighted by Gasteiger charge is 2.13. The van der Waals surface area contributed by atoms with Crippen molar-refractivity contribution in [2.75, 3.05) is 0 Å². The molecule has 0 aliphatic heterocycles. The molecular formula is C14H15FN2O. The Hall–Kier alpha value is -1.94. The summed E-state index contributed by atoms with van der Waals surface area (Å²) in [5.41, 5.74) is 6.81. The molecular weight excluding hydrogens is 231 g/mol. The van der Waals surface area contributed by atoms with Gasteiger partial charge in [-0.3, -0.25) is 0 Å². The van der Waals surface area contributed by atoms with E-state index in [9.17, 15) is 4.39 Å². The van der Waals surface area contributed by atoms with Crippen molar-refractivity contribution in [3.63, 3.8) is 0 Å². The Morgan fingerprint density at radius 2 is 2.00 bits per heavy atom. The van der Waals surface area contributed by atoms with E-state index in [4.69, 9.17) is 10.5 Å². The van der Waals surface area contributed by atoms with Gasteiger partial charge in [-0.05, 0) is 18.6 Å². The largest absolute Gasteiger partial charge is 0.468 e. The van der Waals surface area contributed by atoms with E-state index in [2.05, 4.69) is 4.98 Å². The topological polar surface area (TPSA) is 48.1 Å². The van der Waals surface area contributed by atoms with Gasteiger partial charge in [0.05, 0.1) is 0 Å². The zero-order valence-corrected chi connectivity index (χ0v) is 10.1. The Kier molecular flexibility index (Phi) is 3.89. The summed E-state index contributed by atoms with van der Waals surface area (Å²) < 4.78 is 19.4. The lowest BCUT2D eigenvalue weighted by molar-refractivity contribution is 0.205. The van der Waals surface area contributed by atoms with Crippen LogP contribution in [0.5, 0.6) is 5.88 Å². The van der Waals surface area contributed by atoms with Crippen LogP contribution < -0.4 is 10.5 Å². The highest BCUT2D eigenvalue weighted by atomic mass is 19.1. The number of hydrogen-bond donors (Lipinski definition) is 1. The second-order valence-electron chi connectivity index (χ2n) is 3.96. The van der Waals surface area contributed by atoms with Gasteiger partial charge in [0.15, 0.2) is 5.82 Å². The van der Waals surface area contributed by atoms with Gasteiger partial charge in [0.25, 0.3) is 5.88 Å². The molecule has 0 amide bonds. The van der Waals surface area contributed by atoms with Crippen molar-refractivity contribution in [2.45, 2.75) is 19.6 Å². The van der Waals surface area contributed by atoms with Gasteiger partial charge in [-0.15, -0.1) is 0 Å². The Labute approximate surface area is 105 Å². The van der Waals surface area contributed by atoms with Crippen molar-refractivity contribution in [3.05, 3.63) is 59.5 Å². The van der Waals surface area contributed by atoms with Crippen LogP contribution >= 0.6 is 0 Å². The highest BCUT2D eigenvalue weighted by Crippen LogP contribution is 2.23. The molecule has 0 saturated heterocycles. The summed E-state index contributed by atoms with van der Waals surface area (Å²) in [5.74, 6) is -0.489. The van der Waals surface area contributed by atoms with E-state index in [1.807, 2.05) is 37.3 Å². The average molecular weight is 246 g/mol. The molecule has 0 aliphatic carbocycles. The summed E-state index contributed by atoms with van der Waals surface area (Å²) in [7, 11) is 0. The molecule has 2 aromatic rings. The summed E-state index contributed by atoms with van der Waals surface area (Å²) in [4.78, 5) is 3.90. The van der Waals surface area contributed by atoms with Crippen LogP contribution in [0.2, 0.25) is 0 Å². The van der Waals surface area contributed by atoms with Gasteiger partial charge >= 0.3 is 0 Å². The number of nitrogens with two attached hydrogens (primary N) is 1. The highest BCUT2D eigenvalue weighted by molar-refractivity contribution is 5.25. The normalized spacial score (nSPS) is 12.2. The van der Waals surface area contributed by atoms with Crippen molar-refractivity contribution in [3.8, 4) is 5.88 Å². The second kappa shape index (κ2) is 5.60. The Morgan fingerprint density at radius 1 is 1.28 bits per heavy atom. The predicted octanol–water partition coefficient (Wildman–Crippen LogP) is 2.82. The monoisotopic (exact) mass is 246 g/mol. The molecule has 18 heavy (non-hydrogen) atoms. The standard InChI is InChI=1S/C14H15FN2O/c1-10(11-5-3-2-4-6-11)18-14-13(15)12(9-16)7-8-17-14/h2-8,10H,9,16H2,1H3. The van der Waals surface area contributed by atoms with Gasteiger partial charge in [-0.25, -0.2) is 9.37 Å². The van der Waals surface area contributed by atoms with E-state index < -0.39 is 5.82 Å². The van der Waals surface area contributed by atoms with Crippen LogP contribution in [0, 0.1) is 5.82 Å². The minimum Gasteiger partial charge on any atom is -0.468 e. The van der Waals surface area contributed by atoms with E-state index in [0.29, 0.717) is 5.56 Å². The summed E-state index contributed by atoms with van der Waals surface area (Å²) in [6.45, 7) is 1.98. The molecule has 0 spiro atoms. The molecule has 2 N–H and O–H groups in total. The molecule has 2 rings (SSSR count). The molecule has 0 bridgehead atoms. The van der Waals surface area contributed by atoms with Gasteiger partial charge in [0.2, 0.25) is 0 Å². The third kappa shape index (κ3) is 2.65. The lowest BCUT2D eigenvalue weighted by Gasteiger charge is -2.15. The van der Waals surface area contributed by atoms with Crippen LogP contribution in [0.1, 0.15) is 24.2 Å². The molecule has 94 valence electrons. The van der Waals surface area contributed by atoms with Crippen LogP contribution in [0.15, 0.2) is 42.6 Å². The number of nitrogens with zero attached hydrogens (tertiary/aromatic N) is 1. The molecule has 1 heterocycles. The van der Waals surface area contributed by atoms with E-state index in [1.54, 1.807) is 6.07 Å². The van der Waals surface area contributed by atoms with Crippen LogP contribution in [-0.2, 0) is 6.54 Å². The fraction of sp³-hybridized carbons (Fsp3) is 0.214. The first kappa shape index (κ1) is 12.5. The number of aromatic nitrogens is 1. The lowest BCUT2D eigenvalue weighted by atomic mass is 10.1. The first-order valence-corrected chi connectivity index (χ1v) is 5.77. The number of ether oxygens (including phenoxy) is 1. The van der Waals surface area contributed by atoms with Gasteiger partial charge in [0, 0.05) is 18.3 Å². The maximum atomic E-state index is 13.9. The average Bonchev–Trinajstić information content (AvgIpc) is 2.42. The second-order valence-corrected chi connectivity index (χ2v) is 3.96. The fourth-order valence-electron chi connectivity index (χ4n) is 1.66. The van der Waals surface area contributed by atoms with E-state index in [0.717, 1.165) is 5.56 Å². The van der Waals surface area contributed by atoms with E-state index in [-0.39, 0.29) is 18.5 Å². The van der Waals surface area contributed by atoms with Crippen molar-refractivity contribution in [1.29, 1.82) is 0 Å². The maximum Gasteiger partial charge on any atom is 0.251 e. The summed E-state index contributed by atoms with van der Waals surface area (Å²) in [5, 5.41) is 0. The maximum absolute atomic E-state index is 13.9. The predicted molar refractivity (Wildman–Crippen MR) is 67.6 cm³/mol. The van der Waals surface area contributed by atoms with Crippen molar-refractivity contribution in [2.24, 2.45) is 5.73 Å². The van der Waals surface area contributed by atoms with Crippen LogP contribution in [0.4, 0.5) is 4.39 Å². The fourth-order valence-corrected chi connectivity index (χ4v) is 1.66. The molecule has 0 fully saturated rings. The molecule has 1 aromatic carbocycles. The number of hydrogen-bond acceptors (Lipinski definition) is 3. The number of halogens is 1. The molecule has 0 saturated carbocycles. The van der Waals surface area contributed by atoms with E-state index >= 15 is 0 Å². The summed E-state index contributed by atoms with van der Waals surface area (Å²) in [6, 6.07) is 11.1. The Bertz CT molecular complexity index is 516. The third-order valence-corrected chi connectivity index (χ3v) is 2.71. The molecule has 3 nitrogen and oxygen atoms in total.